The maximum absolute atomic E-state index is 13.3. The molecule has 0 bridgehead atoms. The fourth-order valence-electron chi connectivity index (χ4n) is 4.51. The molecule has 2 unspecified atom stereocenters. The highest BCUT2D eigenvalue weighted by molar-refractivity contribution is 5.95. The Kier molecular flexibility index (Phi) is 8.16. The van der Waals surface area contributed by atoms with Gasteiger partial charge in [0, 0.05) is 36.7 Å². The molecule has 172 valence electrons. The zero-order valence-electron chi connectivity index (χ0n) is 19.0. The molecule has 0 spiro atoms. The minimum atomic E-state index is -0.402. The van der Waals surface area contributed by atoms with Gasteiger partial charge in [-0.1, -0.05) is 37.3 Å². The molecule has 2 amide bonds. The van der Waals surface area contributed by atoms with Crippen molar-refractivity contribution in [2.24, 2.45) is 21.9 Å². The molecule has 1 aliphatic heterocycles. The van der Waals surface area contributed by atoms with Crippen molar-refractivity contribution in [3.63, 3.8) is 0 Å². The maximum atomic E-state index is 13.3. The number of allylic oxidation sites excluding steroid dienone is 4. The summed E-state index contributed by atoms with van der Waals surface area (Å²) in [6, 6.07) is -0.0227. The Labute approximate surface area is 189 Å². The normalized spacial score (nSPS) is 23.2. The molecule has 3 aliphatic rings. The first-order chi connectivity index (χ1) is 15.5. The molecule has 0 aromatic rings. The second-order valence-electron chi connectivity index (χ2n) is 8.43. The zero-order chi connectivity index (χ0) is 23.1. The fourth-order valence-corrected chi connectivity index (χ4v) is 4.51. The van der Waals surface area contributed by atoms with Crippen LogP contribution in [0.1, 0.15) is 52.4 Å². The van der Waals surface area contributed by atoms with Crippen LogP contribution in [0.4, 0.5) is 0 Å². The van der Waals surface area contributed by atoms with Crippen molar-refractivity contribution in [3.05, 3.63) is 58.2 Å². The van der Waals surface area contributed by atoms with Crippen LogP contribution in [0.2, 0.25) is 0 Å². The molecule has 0 fully saturated rings. The van der Waals surface area contributed by atoms with Gasteiger partial charge in [0.05, 0.1) is 0 Å². The summed E-state index contributed by atoms with van der Waals surface area (Å²) >= 11 is 0. The van der Waals surface area contributed by atoms with Gasteiger partial charge < -0.3 is 16.5 Å². The molecule has 3 rings (SSSR count). The molecule has 8 heteroatoms. The van der Waals surface area contributed by atoms with Gasteiger partial charge in [0.2, 0.25) is 11.8 Å². The fraction of sp³-hybridized carbons (Fsp3) is 0.500. The summed E-state index contributed by atoms with van der Waals surface area (Å²) in [5, 5.41) is 11.1. The second-order valence-corrected chi connectivity index (χ2v) is 8.43. The molecular formula is C24H34N6O2. The average Bonchev–Trinajstić information content (AvgIpc) is 2.97. The van der Waals surface area contributed by atoms with E-state index in [2.05, 4.69) is 41.7 Å². The number of hydrogen-bond donors (Lipinski definition) is 3. The predicted octanol–water partition coefficient (Wildman–Crippen LogP) is 2.96. The van der Waals surface area contributed by atoms with Crippen molar-refractivity contribution in [1.82, 2.24) is 10.2 Å². The van der Waals surface area contributed by atoms with Crippen LogP contribution in [0.5, 0.6) is 0 Å². The van der Waals surface area contributed by atoms with Crippen molar-refractivity contribution in [2.45, 2.75) is 64.6 Å². The number of nitrogens with one attached hydrogen (secondary N) is 1. The van der Waals surface area contributed by atoms with Crippen molar-refractivity contribution < 1.29 is 9.59 Å². The smallest absolute Gasteiger partial charge is 0.249 e. The van der Waals surface area contributed by atoms with Crippen LogP contribution in [0.3, 0.4) is 0 Å². The number of rotatable bonds is 8. The second kappa shape index (κ2) is 11.0. The summed E-state index contributed by atoms with van der Waals surface area (Å²) in [5.74, 6) is 5.01. The molecule has 0 aromatic carbocycles. The van der Waals surface area contributed by atoms with Crippen LogP contribution in [0.15, 0.2) is 68.6 Å². The molecule has 2 aliphatic carbocycles. The molecule has 8 nitrogen and oxygen atoms in total. The van der Waals surface area contributed by atoms with E-state index in [-0.39, 0.29) is 18.1 Å². The Balaban J connectivity index is 1.92. The first kappa shape index (κ1) is 23.7. The summed E-state index contributed by atoms with van der Waals surface area (Å²) in [6.45, 7) is 5.62. The average molecular weight is 439 g/mol. The molecule has 2 atom stereocenters. The highest BCUT2D eigenvalue weighted by Gasteiger charge is 2.30. The van der Waals surface area contributed by atoms with E-state index < -0.39 is 5.91 Å². The van der Waals surface area contributed by atoms with E-state index in [4.69, 9.17) is 11.6 Å². The van der Waals surface area contributed by atoms with Crippen LogP contribution in [-0.4, -0.2) is 42.0 Å². The molecule has 1 heterocycles. The van der Waals surface area contributed by atoms with E-state index >= 15 is 0 Å². The van der Waals surface area contributed by atoms with Gasteiger partial charge in [-0.3, -0.25) is 14.9 Å². The van der Waals surface area contributed by atoms with E-state index in [0.29, 0.717) is 12.0 Å². The van der Waals surface area contributed by atoms with Gasteiger partial charge in [0.1, 0.15) is 6.17 Å². The number of fused-ring (bicyclic) bond motifs is 1. The monoisotopic (exact) mass is 438 g/mol. The van der Waals surface area contributed by atoms with Gasteiger partial charge in [0.25, 0.3) is 0 Å². The zero-order valence-corrected chi connectivity index (χ0v) is 19.0. The van der Waals surface area contributed by atoms with E-state index in [1.165, 1.54) is 0 Å². The molecule has 0 aromatic heterocycles. The number of nitrogens with two attached hydrogens (primary N) is 2. The standard InChI is InChI=1S/C24H34N6O2/c1-3-10-30(11-4-2)24(32)20-13-18-9-8-17(14-21(18)27-22(15-20)28-29-26)16-6-5-7-19(12-16)23(25)31/h7-9,12-13,21-22,27H,3-6,10-11,14-15H2,1-2H3,(H2,25,31)(H2,26,28). The third-order valence-electron chi connectivity index (χ3n) is 6.01. The lowest BCUT2D eigenvalue weighted by atomic mass is 9.84. The largest absolute Gasteiger partial charge is 0.366 e. The number of amides is 2. The minimum Gasteiger partial charge on any atom is -0.366 e. The van der Waals surface area contributed by atoms with Crippen LogP contribution >= 0.6 is 0 Å². The lowest BCUT2D eigenvalue weighted by Gasteiger charge is -2.27. The topological polar surface area (TPSA) is 126 Å². The SMILES string of the molecule is CCCN(CCC)C(=O)C1=CC2=CC=C(C3=CC(C(N)=O)=CCC3)CC2NC(N=NN)C1. The Bertz CT molecular complexity index is 919. The van der Waals surface area contributed by atoms with E-state index in [0.717, 1.165) is 67.5 Å². The molecule has 5 N–H and O–H groups in total. The molecule has 0 saturated carbocycles. The third-order valence-corrected chi connectivity index (χ3v) is 6.01. The van der Waals surface area contributed by atoms with Gasteiger partial charge in [-0.15, -0.1) is 0 Å². The minimum absolute atomic E-state index is 0.0227. The number of hydrogen-bond acceptors (Lipinski definition) is 5. The van der Waals surface area contributed by atoms with E-state index in [1.54, 1.807) is 0 Å². The highest BCUT2D eigenvalue weighted by atomic mass is 16.2. The van der Waals surface area contributed by atoms with Gasteiger partial charge in [-0.25, -0.2) is 0 Å². The van der Waals surface area contributed by atoms with Crippen molar-refractivity contribution >= 4 is 11.8 Å². The predicted molar refractivity (Wildman–Crippen MR) is 125 cm³/mol. The first-order valence-corrected chi connectivity index (χ1v) is 11.4. The molecular weight excluding hydrogens is 404 g/mol. The van der Waals surface area contributed by atoms with E-state index in [1.807, 2.05) is 23.1 Å². The quantitative estimate of drug-likeness (QED) is 0.306. The first-order valence-electron chi connectivity index (χ1n) is 11.4. The van der Waals surface area contributed by atoms with Crippen molar-refractivity contribution in [2.75, 3.05) is 13.1 Å². The highest BCUT2D eigenvalue weighted by Crippen LogP contribution is 2.33. The van der Waals surface area contributed by atoms with Gasteiger partial charge in [-0.05, 0) is 61.0 Å². The van der Waals surface area contributed by atoms with Gasteiger partial charge >= 0.3 is 0 Å². The molecule has 0 radical (unpaired) electrons. The summed E-state index contributed by atoms with van der Waals surface area (Å²) in [5.41, 5.74) is 10.1. The van der Waals surface area contributed by atoms with Crippen LogP contribution in [0.25, 0.3) is 0 Å². The Hall–Kier alpha value is -3.00. The van der Waals surface area contributed by atoms with Gasteiger partial charge in [-0.2, -0.15) is 5.11 Å². The lowest BCUT2D eigenvalue weighted by molar-refractivity contribution is -0.127. The Morgan fingerprint density at radius 1 is 1.12 bits per heavy atom. The number of carbonyl (C=O) groups is 2. The molecule has 0 saturated heterocycles. The lowest BCUT2D eigenvalue weighted by Crippen LogP contribution is -2.39. The van der Waals surface area contributed by atoms with Crippen molar-refractivity contribution in [1.29, 1.82) is 0 Å². The maximum Gasteiger partial charge on any atom is 0.249 e. The van der Waals surface area contributed by atoms with Crippen LogP contribution in [0, 0.1) is 0 Å². The summed E-state index contributed by atoms with van der Waals surface area (Å²) in [7, 11) is 0. The summed E-state index contributed by atoms with van der Waals surface area (Å²) < 4.78 is 0. The number of primary amides is 1. The molecule has 32 heavy (non-hydrogen) atoms. The van der Waals surface area contributed by atoms with E-state index in [9.17, 15) is 9.59 Å². The van der Waals surface area contributed by atoms with Gasteiger partial charge in [0.15, 0.2) is 0 Å². The number of nitrogens with zero attached hydrogens (tertiary/aromatic N) is 3. The van der Waals surface area contributed by atoms with Crippen LogP contribution < -0.4 is 16.9 Å². The van der Waals surface area contributed by atoms with Crippen LogP contribution in [-0.2, 0) is 9.59 Å². The summed E-state index contributed by atoms with van der Waals surface area (Å²) in [6.07, 6.45) is 14.2. The van der Waals surface area contributed by atoms with Crippen molar-refractivity contribution in [3.8, 4) is 0 Å². The summed E-state index contributed by atoms with van der Waals surface area (Å²) in [4.78, 5) is 26.8. The number of carbonyl (C=O) groups excluding carboxylic acids is 2. The Morgan fingerprint density at radius 3 is 2.53 bits per heavy atom. The third kappa shape index (κ3) is 5.62. The Morgan fingerprint density at radius 2 is 1.88 bits per heavy atom.